The second kappa shape index (κ2) is 9.77. The monoisotopic (exact) mass is 562 g/mol. The molecule has 6 nitrogen and oxygen atoms in total. The number of nitrogens with one attached hydrogen (secondary N) is 1. The largest absolute Gasteiger partial charge is 0.418 e. The van der Waals surface area contributed by atoms with E-state index in [1.807, 2.05) is 0 Å². The van der Waals surface area contributed by atoms with Gasteiger partial charge in [0.25, 0.3) is 5.91 Å². The van der Waals surface area contributed by atoms with Crippen LogP contribution in [-0.4, -0.2) is 26.6 Å². The molecule has 3 aromatic carbocycles. The molecule has 2 unspecified atom stereocenters. The Labute approximate surface area is 221 Å². The van der Waals surface area contributed by atoms with E-state index < -0.39 is 34.3 Å². The second-order valence-electron chi connectivity index (χ2n) is 7.98. The van der Waals surface area contributed by atoms with E-state index in [4.69, 9.17) is 23.2 Å². The third kappa shape index (κ3) is 4.79. The molecule has 0 aliphatic rings. The molecule has 2 atom stereocenters. The molecule has 188 valence electrons. The summed E-state index contributed by atoms with van der Waals surface area (Å²) in [6, 6.07) is 17.7. The molecule has 0 saturated heterocycles. The van der Waals surface area contributed by atoms with Crippen LogP contribution in [0.4, 0.5) is 18.3 Å². The molecular formula is C25H15Cl2F3N4O2S. The van der Waals surface area contributed by atoms with Gasteiger partial charge in [-0.25, -0.2) is 4.98 Å². The lowest BCUT2D eigenvalue weighted by molar-refractivity contribution is -0.136. The summed E-state index contributed by atoms with van der Waals surface area (Å²) in [5.74, 6) is -1.35. The molecule has 37 heavy (non-hydrogen) atoms. The third-order valence-electron chi connectivity index (χ3n) is 5.59. The van der Waals surface area contributed by atoms with E-state index in [1.54, 1.807) is 60.7 Å². The molecule has 0 aliphatic heterocycles. The smallest absolute Gasteiger partial charge is 0.300 e. The number of thiazole rings is 1. The summed E-state index contributed by atoms with van der Waals surface area (Å²) in [6.45, 7) is 0. The van der Waals surface area contributed by atoms with E-state index in [1.165, 1.54) is 6.20 Å². The highest BCUT2D eigenvalue weighted by Crippen LogP contribution is 2.42. The standard InChI is InChI=1S/C25H15Cl2F3N4O2S/c26-18(13-7-3-1-4-8-13)22(35)33-24-32-20-16(25(28,29)30)11-17-15(21(20)37-24)12-31-34(17)23(36)19(27)14-9-5-2-6-10-14/h1-12,18-19H,(H,32,33,35). The van der Waals surface area contributed by atoms with Gasteiger partial charge >= 0.3 is 6.18 Å². The fourth-order valence-corrected chi connectivity index (χ4v) is 5.26. The fourth-order valence-electron chi connectivity index (χ4n) is 3.82. The zero-order chi connectivity index (χ0) is 26.3. The Morgan fingerprint density at radius 3 is 2.14 bits per heavy atom. The van der Waals surface area contributed by atoms with Crippen LogP contribution >= 0.6 is 34.5 Å². The quantitative estimate of drug-likeness (QED) is 0.230. The number of carbonyl (C=O) groups is 2. The van der Waals surface area contributed by atoms with Gasteiger partial charge in [-0.15, -0.1) is 23.2 Å². The Bertz CT molecular complexity index is 1620. The lowest BCUT2D eigenvalue weighted by Gasteiger charge is -2.11. The molecule has 2 aromatic heterocycles. The van der Waals surface area contributed by atoms with Gasteiger partial charge < -0.3 is 5.32 Å². The summed E-state index contributed by atoms with van der Waals surface area (Å²) in [5, 5.41) is 4.49. The van der Waals surface area contributed by atoms with Crippen molar-refractivity contribution in [2.75, 3.05) is 5.32 Å². The highest BCUT2D eigenvalue weighted by molar-refractivity contribution is 7.23. The number of hydrogen-bond acceptors (Lipinski definition) is 5. The molecular weight excluding hydrogens is 548 g/mol. The highest BCUT2D eigenvalue weighted by atomic mass is 35.5. The molecule has 0 radical (unpaired) electrons. The van der Waals surface area contributed by atoms with Crippen LogP contribution in [0.1, 0.15) is 32.2 Å². The maximum Gasteiger partial charge on any atom is 0.418 e. The molecule has 0 spiro atoms. The Kier molecular flexibility index (Phi) is 6.65. The van der Waals surface area contributed by atoms with Crippen LogP contribution in [0.2, 0.25) is 0 Å². The van der Waals surface area contributed by atoms with E-state index in [-0.39, 0.29) is 26.3 Å². The summed E-state index contributed by atoms with van der Waals surface area (Å²) >= 11 is 13.4. The van der Waals surface area contributed by atoms with Gasteiger partial charge in [0.15, 0.2) is 5.13 Å². The summed E-state index contributed by atoms with van der Waals surface area (Å²) in [6.07, 6.45) is -3.51. The molecule has 2 heterocycles. The minimum Gasteiger partial charge on any atom is -0.300 e. The number of rotatable bonds is 5. The number of amides is 1. The topological polar surface area (TPSA) is 76.9 Å². The van der Waals surface area contributed by atoms with Crippen molar-refractivity contribution < 1.29 is 22.8 Å². The molecule has 1 N–H and O–H groups in total. The van der Waals surface area contributed by atoms with Gasteiger partial charge in [-0.05, 0) is 17.2 Å². The zero-order valence-electron chi connectivity index (χ0n) is 18.5. The number of anilines is 1. The normalized spacial score (nSPS) is 13.5. The van der Waals surface area contributed by atoms with E-state index >= 15 is 0 Å². The molecule has 0 fully saturated rings. The van der Waals surface area contributed by atoms with Crippen molar-refractivity contribution in [1.29, 1.82) is 0 Å². The van der Waals surface area contributed by atoms with Crippen molar-refractivity contribution in [3.05, 3.63) is 89.6 Å². The van der Waals surface area contributed by atoms with Crippen LogP contribution in [0.25, 0.3) is 21.1 Å². The van der Waals surface area contributed by atoms with Gasteiger partial charge in [0.1, 0.15) is 10.8 Å². The number of fused-ring (bicyclic) bond motifs is 3. The SMILES string of the molecule is O=C(Nc1nc2c(C(F)(F)F)cc3c(cnn3C(=O)C(Cl)c3ccccc3)c2s1)C(Cl)c1ccccc1. The first-order valence-electron chi connectivity index (χ1n) is 10.8. The molecule has 1 amide bonds. The summed E-state index contributed by atoms with van der Waals surface area (Å²) in [5.41, 5.74) is -0.518. The first-order valence-corrected chi connectivity index (χ1v) is 12.5. The molecule has 0 aliphatic carbocycles. The first-order chi connectivity index (χ1) is 17.6. The van der Waals surface area contributed by atoms with Crippen LogP contribution in [0.3, 0.4) is 0 Å². The van der Waals surface area contributed by atoms with Crippen LogP contribution < -0.4 is 5.32 Å². The molecule has 0 saturated carbocycles. The Morgan fingerprint density at radius 2 is 1.54 bits per heavy atom. The second-order valence-corrected chi connectivity index (χ2v) is 9.85. The third-order valence-corrected chi connectivity index (χ3v) is 7.48. The van der Waals surface area contributed by atoms with Crippen molar-refractivity contribution in [3.8, 4) is 0 Å². The summed E-state index contributed by atoms with van der Waals surface area (Å²) < 4.78 is 43.1. The lowest BCUT2D eigenvalue weighted by atomic mass is 10.1. The van der Waals surface area contributed by atoms with Crippen molar-refractivity contribution >= 4 is 72.6 Å². The number of hydrogen-bond donors (Lipinski definition) is 1. The summed E-state index contributed by atoms with van der Waals surface area (Å²) in [4.78, 5) is 29.8. The minimum atomic E-state index is -4.79. The maximum atomic E-state index is 14.0. The number of benzene rings is 3. The summed E-state index contributed by atoms with van der Waals surface area (Å²) in [7, 11) is 0. The predicted octanol–water partition coefficient (Wildman–Crippen LogP) is 7.20. The lowest BCUT2D eigenvalue weighted by Crippen LogP contribution is -2.18. The van der Waals surface area contributed by atoms with Crippen LogP contribution in [-0.2, 0) is 11.0 Å². The predicted molar refractivity (Wildman–Crippen MR) is 137 cm³/mol. The van der Waals surface area contributed by atoms with Gasteiger partial charge in [0.05, 0.1) is 27.5 Å². The van der Waals surface area contributed by atoms with Crippen LogP contribution in [0.15, 0.2) is 72.9 Å². The highest BCUT2D eigenvalue weighted by Gasteiger charge is 2.36. The van der Waals surface area contributed by atoms with Crippen molar-refractivity contribution in [2.24, 2.45) is 0 Å². The van der Waals surface area contributed by atoms with Crippen molar-refractivity contribution in [2.45, 2.75) is 16.9 Å². The Balaban J connectivity index is 1.57. The number of nitrogens with zero attached hydrogens (tertiary/aromatic N) is 3. The van der Waals surface area contributed by atoms with E-state index in [0.717, 1.165) is 22.1 Å². The fraction of sp³-hybridized carbons (Fsp3) is 0.120. The van der Waals surface area contributed by atoms with Crippen molar-refractivity contribution in [1.82, 2.24) is 14.8 Å². The number of aromatic nitrogens is 3. The first kappa shape index (κ1) is 25.2. The van der Waals surface area contributed by atoms with Gasteiger partial charge in [-0.2, -0.15) is 23.0 Å². The van der Waals surface area contributed by atoms with Gasteiger partial charge in [-0.1, -0.05) is 72.0 Å². The van der Waals surface area contributed by atoms with Gasteiger partial charge in [0.2, 0.25) is 5.91 Å². The van der Waals surface area contributed by atoms with Gasteiger partial charge in [-0.3, -0.25) is 9.59 Å². The Morgan fingerprint density at radius 1 is 0.946 bits per heavy atom. The number of alkyl halides is 5. The van der Waals surface area contributed by atoms with Crippen LogP contribution in [0.5, 0.6) is 0 Å². The van der Waals surface area contributed by atoms with Crippen molar-refractivity contribution in [3.63, 3.8) is 0 Å². The van der Waals surface area contributed by atoms with E-state index in [9.17, 15) is 22.8 Å². The average Bonchev–Trinajstić information content (AvgIpc) is 3.51. The zero-order valence-corrected chi connectivity index (χ0v) is 20.9. The van der Waals surface area contributed by atoms with E-state index in [0.29, 0.717) is 11.1 Å². The average molecular weight is 563 g/mol. The molecule has 5 aromatic rings. The number of carbonyl (C=O) groups excluding carboxylic acids is 2. The molecule has 0 bridgehead atoms. The van der Waals surface area contributed by atoms with Crippen LogP contribution in [0, 0.1) is 0 Å². The number of halogens is 5. The van der Waals surface area contributed by atoms with E-state index in [2.05, 4.69) is 15.4 Å². The minimum absolute atomic E-state index is 0.0711. The maximum absolute atomic E-state index is 14.0. The van der Waals surface area contributed by atoms with Gasteiger partial charge in [0, 0.05) is 5.39 Å². The molecule has 12 heteroatoms. The Hall–Kier alpha value is -3.47. The molecule has 5 rings (SSSR count).